The average Bonchev–Trinajstić information content (AvgIpc) is 3.23. The van der Waals surface area contributed by atoms with E-state index in [1.54, 1.807) is 17.7 Å². The fraction of sp³-hybridized carbons (Fsp3) is 0.444. The lowest BCUT2D eigenvalue weighted by Crippen LogP contribution is -2.36. The fourth-order valence-corrected chi connectivity index (χ4v) is 4.26. The van der Waals surface area contributed by atoms with Crippen LogP contribution < -0.4 is 4.90 Å². The summed E-state index contributed by atoms with van der Waals surface area (Å²) in [6.07, 6.45) is 4.91. The van der Waals surface area contributed by atoms with Crippen LogP contribution in [0.3, 0.4) is 0 Å². The van der Waals surface area contributed by atoms with E-state index in [2.05, 4.69) is 52.3 Å². The summed E-state index contributed by atoms with van der Waals surface area (Å²) in [7, 11) is 0. The molecule has 0 bridgehead atoms. The molecule has 1 aliphatic rings. The Hall–Kier alpha value is -1.88. The van der Waals surface area contributed by atoms with Crippen molar-refractivity contribution in [3.8, 4) is 0 Å². The minimum Gasteiger partial charge on any atom is -0.464 e. The van der Waals surface area contributed by atoms with Crippen LogP contribution in [0, 0.1) is 5.92 Å². The molecule has 0 aliphatic carbocycles. The molecule has 5 heteroatoms. The van der Waals surface area contributed by atoms with Crippen LogP contribution in [0.1, 0.15) is 44.3 Å². The second-order valence-corrected chi connectivity index (χ2v) is 7.24. The van der Waals surface area contributed by atoms with Crippen molar-refractivity contribution in [2.24, 2.45) is 5.92 Å². The van der Waals surface area contributed by atoms with Gasteiger partial charge in [0.25, 0.3) is 0 Å². The summed E-state index contributed by atoms with van der Waals surface area (Å²) in [5.74, 6) is 3.88. The summed E-state index contributed by atoms with van der Waals surface area (Å²) in [4.78, 5) is 11.4. The minimum atomic E-state index is 0.263. The van der Waals surface area contributed by atoms with Gasteiger partial charge in [-0.3, -0.25) is 0 Å². The van der Waals surface area contributed by atoms with E-state index in [1.165, 1.54) is 11.1 Å². The second-order valence-electron chi connectivity index (χ2n) is 6.33. The third kappa shape index (κ3) is 2.63. The number of thiophene rings is 1. The van der Waals surface area contributed by atoms with E-state index in [9.17, 15) is 0 Å². The molecule has 1 aliphatic heterocycles. The lowest BCUT2D eigenvalue weighted by atomic mass is 9.91. The number of aromatic nitrogens is 2. The van der Waals surface area contributed by atoms with Gasteiger partial charge in [-0.15, -0.1) is 11.3 Å². The van der Waals surface area contributed by atoms with Crippen LogP contribution in [-0.2, 0) is 6.42 Å². The number of fused-ring (bicyclic) bond motifs is 1. The molecule has 4 nitrogen and oxygen atoms in total. The zero-order chi connectivity index (χ0) is 15.8. The smallest absolute Gasteiger partial charge is 0.150 e. The maximum atomic E-state index is 6.08. The summed E-state index contributed by atoms with van der Waals surface area (Å²) in [5.41, 5.74) is 1.03. The number of piperidine rings is 1. The standard InChI is InChI=1S/C18H21N3OS/c1-3-13-4-5-16(22-13)15-10-12(2)6-8-21(15)18-17-14(7-9-23-17)19-11-20-18/h4-5,7,9,11-12,15H,3,6,8,10H2,1-2H3/t12-,15-/m1/s1. The van der Waals surface area contributed by atoms with Crippen molar-refractivity contribution in [2.45, 2.75) is 39.2 Å². The van der Waals surface area contributed by atoms with Gasteiger partial charge in [-0.05, 0) is 42.3 Å². The van der Waals surface area contributed by atoms with E-state index in [-0.39, 0.29) is 6.04 Å². The highest BCUT2D eigenvalue weighted by Gasteiger charge is 2.32. The van der Waals surface area contributed by atoms with E-state index in [0.29, 0.717) is 5.92 Å². The molecule has 4 rings (SSSR count). The van der Waals surface area contributed by atoms with Crippen molar-refractivity contribution in [3.63, 3.8) is 0 Å². The molecule has 1 saturated heterocycles. The molecule has 0 spiro atoms. The molecular formula is C18H21N3OS. The summed E-state index contributed by atoms with van der Waals surface area (Å²) in [6.45, 7) is 5.47. The molecule has 4 heterocycles. The predicted molar refractivity (Wildman–Crippen MR) is 94.0 cm³/mol. The van der Waals surface area contributed by atoms with E-state index < -0.39 is 0 Å². The molecule has 0 aromatic carbocycles. The molecule has 0 saturated carbocycles. The maximum absolute atomic E-state index is 6.08. The Morgan fingerprint density at radius 1 is 1.30 bits per heavy atom. The van der Waals surface area contributed by atoms with Crippen LogP contribution in [0.25, 0.3) is 10.2 Å². The van der Waals surface area contributed by atoms with Crippen molar-refractivity contribution in [1.82, 2.24) is 9.97 Å². The van der Waals surface area contributed by atoms with Crippen molar-refractivity contribution in [2.75, 3.05) is 11.4 Å². The molecule has 0 unspecified atom stereocenters. The molecule has 0 N–H and O–H groups in total. The third-order valence-electron chi connectivity index (χ3n) is 4.72. The van der Waals surface area contributed by atoms with Gasteiger partial charge in [0.2, 0.25) is 0 Å². The van der Waals surface area contributed by atoms with Gasteiger partial charge in [0.15, 0.2) is 5.82 Å². The first-order chi connectivity index (χ1) is 11.3. The monoisotopic (exact) mass is 327 g/mol. The summed E-state index contributed by atoms with van der Waals surface area (Å²) < 4.78 is 7.26. The highest BCUT2D eigenvalue weighted by molar-refractivity contribution is 7.17. The van der Waals surface area contributed by atoms with Gasteiger partial charge in [0.1, 0.15) is 17.8 Å². The van der Waals surface area contributed by atoms with Crippen LogP contribution >= 0.6 is 11.3 Å². The number of anilines is 1. The van der Waals surface area contributed by atoms with Gasteiger partial charge in [0, 0.05) is 13.0 Å². The Labute approximate surface area is 140 Å². The highest BCUT2D eigenvalue weighted by atomic mass is 32.1. The van der Waals surface area contributed by atoms with Gasteiger partial charge in [-0.1, -0.05) is 13.8 Å². The molecule has 120 valence electrons. The van der Waals surface area contributed by atoms with Gasteiger partial charge < -0.3 is 9.32 Å². The van der Waals surface area contributed by atoms with Gasteiger partial charge in [0.05, 0.1) is 16.3 Å². The number of hydrogen-bond acceptors (Lipinski definition) is 5. The first kappa shape index (κ1) is 14.7. The number of aryl methyl sites for hydroxylation is 1. The van der Waals surface area contributed by atoms with Crippen LogP contribution in [-0.4, -0.2) is 16.5 Å². The van der Waals surface area contributed by atoms with Crippen molar-refractivity contribution >= 4 is 27.4 Å². The largest absolute Gasteiger partial charge is 0.464 e. The van der Waals surface area contributed by atoms with Crippen LogP contribution in [0.15, 0.2) is 34.3 Å². The molecule has 1 fully saturated rings. The Kier molecular flexibility index (Phi) is 3.81. The van der Waals surface area contributed by atoms with Crippen LogP contribution in [0.4, 0.5) is 5.82 Å². The van der Waals surface area contributed by atoms with Crippen molar-refractivity contribution in [3.05, 3.63) is 41.4 Å². The maximum Gasteiger partial charge on any atom is 0.150 e. The number of furan rings is 1. The van der Waals surface area contributed by atoms with Gasteiger partial charge in [-0.2, -0.15) is 0 Å². The Morgan fingerprint density at radius 3 is 3.04 bits per heavy atom. The molecule has 3 aromatic heterocycles. The lowest BCUT2D eigenvalue weighted by Gasteiger charge is -2.38. The fourth-order valence-electron chi connectivity index (χ4n) is 3.41. The Morgan fingerprint density at radius 2 is 2.22 bits per heavy atom. The van der Waals surface area contributed by atoms with Crippen molar-refractivity contribution < 1.29 is 4.42 Å². The van der Waals surface area contributed by atoms with Gasteiger partial charge >= 0.3 is 0 Å². The topological polar surface area (TPSA) is 42.2 Å². The van der Waals surface area contributed by atoms with Crippen LogP contribution in [0.5, 0.6) is 0 Å². The zero-order valence-electron chi connectivity index (χ0n) is 13.5. The van der Waals surface area contributed by atoms with Gasteiger partial charge in [-0.25, -0.2) is 9.97 Å². The second kappa shape index (κ2) is 5.96. The third-order valence-corrected chi connectivity index (χ3v) is 5.62. The molecule has 0 amide bonds. The number of nitrogens with zero attached hydrogens (tertiary/aromatic N) is 3. The molecule has 0 radical (unpaired) electrons. The quantitative estimate of drug-likeness (QED) is 0.691. The lowest BCUT2D eigenvalue weighted by molar-refractivity contribution is 0.321. The minimum absolute atomic E-state index is 0.263. The summed E-state index contributed by atoms with van der Waals surface area (Å²) in [5, 5.41) is 2.09. The Bertz CT molecular complexity index is 809. The zero-order valence-corrected chi connectivity index (χ0v) is 14.3. The molecular weight excluding hydrogens is 306 g/mol. The summed E-state index contributed by atoms with van der Waals surface area (Å²) >= 11 is 1.72. The Balaban J connectivity index is 1.76. The van der Waals surface area contributed by atoms with E-state index in [4.69, 9.17) is 4.42 Å². The normalized spacial score (nSPS) is 21.9. The van der Waals surface area contributed by atoms with E-state index in [1.807, 2.05) is 0 Å². The average molecular weight is 327 g/mol. The molecule has 2 atom stereocenters. The van der Waals surface area contributed by atoms with Crippen molar-refractivity contribution in [1.29, 1.82) is 0 Å². The highest BCUT2D eigenvalue weighted by Crippen LogP contribution is 2.40. The SMILES string of the molecule is CCc1ccc([C@H]2C[C@H](C)CCN2c2ncnc3ccsc23)o1. The molecule has 3 aromatic rings. The van der Waals surface area contributed by atoms with E-state index >= 15 is 0 Å². The molecule has 23 heavy (non-hydrogen) atoms. The summed E-state index contributed by atoms with van der Waals surface area (Å²) in [6, 6.07) is 6.57. The van der Waals surface area contributed by atoms with Crippen LogP contribution in [0.2, 0.25) is 0 Å². The first-order valence-corrected chi connectivity index (χ1v) is 9.17. The predicted octanol–water partition coefficient (Wildman–Crippen LogP) is 4.82. The first-order valence-electron chi connectivity index (χ1n) is 8.29. The number of rotatable bonds is 3. The number of hydrogen-bond donors (Lipinski definition) is 0. The van der Waals surface area contributed by atoms with E-state index in [0.717, 1.165) is 42.2 Å².